The van der Waals surface area contributed by atoms with Crippen molar-refractivity contribution in [3.05, 3.63) is 53.4 Å². The van der Waals surface area contributed by atoms with E-state index in [0.29, 0.717) is 0 Å². The van der Waals surface area contributed by atoms with E-state index in [4.69, 9.17) is 4.42 Å². The van der Waals surface area contributed by atoms with Crippen molar-refractivity contribution in [3.8, 4) is 0 Å². The molecule has 0 saturated carbocycles. The zero-order valence-corrected chi connectivity index (χ0v) is 11.5. The maximum Gasteiger partial charge on any atom is 0.180 e. The van der Waals surface area contributed by atoms with Gasteiger partial charge < -0.3 is 4.42 Å². The van der Waals surface area contributed by atoms with Crippen molar-refractivity contribution in [2.45, 2.75) is 13.8 Å². The lowest BCUT2D eigenvalue weighted by atomic mass is 10.6. The third-order valence-electron chi connectivity index (χ3n) is 1.75. The Morgan fingerprint density at radius 1 is 1.28 bits per heavy atom. The first-order valence-corrected chi connectivity index (χ1v) is 6.21. The Bertz CT molecular complexity index is 412. The van der Waals surface area contributed by atoms with Gasteiger partial charge in [0.2, 0.25) is 0 Å². The Labute approximate surface area is 110 Å². The summed E-state index contributed by atoms with van der Waals surface area (Å²) in [6.07, 6.45) is 8.52. The first-order chi connectivity index (χ1) is 8.68. The van der Waals surface area contributed by atoms with Gasteiger partial charge in [-0.2, -0.15) is 5.10 Å². The third-order valence-corrected chi connectivity index (χ3v) is 2.45. The molecule has 96 valence electrons. The molecule has 0 fully saturated rings. The molecular weight excluding hydrogens is 248 g/mol. The van der Waals surface area contributed by atoms with E-state index in [0.717, 1.165) is 10.8 Å². The molecule has 0 aliphatic carbocycles. The van der Waals surface area contributed by atoms with Crippen LogP contribution in [-0.4, -0.2) is 19.7 Å². The lowest BCUT2D eigenvalue weighted by molar-refractivity contribution is 0.527. The van der Waals surface area contributed by atoms with Gasteiger partial charge >= 0.3 is 0 Å². The van der Waals surface area contributed by atoms with E-state index in [2.05, 4.69) is 15.1 Å². The molecule has 3 heterocycles. The van der Waals surface area contributed by atoms with Gasteiger partial charge in [-0.25, -0.2) is 4.98 Å². The average Bonchev–Trinajstić information content (AvgIpc) is 3.05. The molecule has 0 bridgehead atoms. The van der Waals surface area contributed by atoms with Gasteiger partial charge in [0.1, 0.15) is 5.76 Å². The molecule has 3 aromatic rings. The highest BCUT2D eigenvalue weighted by molar-refractivity contribution is 7.09. The second kappa shape index (κ2) is 8.19. The predicted octanol–water partition coefficient (Wildman–Crippen LogP) is 2.85. The van der Waals surface area contributed by atoms with Gasteiger partial charge in [0.15, 0.2) is 6.39 Å². The molecule has 0 aromatic carbocycles. The fourth-order valence-corrected chi connectivity index (χ4v) is 1.36. The van der Waals surface area contributed by atoms with E-state index in [1.165, 1.54) is 6.39 Å². The van der Waals surface area contributed by atoms with Crippen molar-refractivity contribution in [1.82, 2.24) is 19.7 Å². The molecule has 0 atom stereocenters. The number of hydrogen-bond donors (Lipinski definition) is 0. The molecule has 18 heavy (non-hydrogen) atoms. The maximum absolute atomic E-state index is 4.72. The summed E-state index contributed by atoms with van der Waals surface area (Å²) in [5.41, 5.74) is 0. The topological polar surface area (TPSA) is 56.7 Å². The van der Waals surface area contributed by atoms with Gasteiger partial charge in [0, 0.05) is 31.0 Å². The summed E-state index contributed by atoms with van der Waals surface area (Å²) in [4.78, 5) is 7.59. The van der Waals surface area contributed by atoms with Crippen LogP contribution < -0.4 is 0 Å². The Balaban J connectivity index is 0.000000135. The fraction of sp³-hybridized carbons (Fsp3) is 0.250. The fourth-order valence-electron chi connectivity index (χ4n) is 0.919. The van der Waals surface area contributed by atoms with Crippen molar-refractivity contribution >= 4 is 11.3 Å². The maximum atomic E-state index is 4.72. The van der Waals surface area contributed by atoms with Crippen LogP contribution in [0.4, 0.5) is 0 Å². The zero-order chi connectivity index (χ0) is 13.2. The molecule has 3 rings (SSSR count). The van der Waals surface area contributed by atoms with E-state index in [9.17, 15) is 0 Å². The summed E-state index contributed by atoms with van der Waals surface area (Å²) in [5.74, 6) is 0.856. The molecule has 0 aliphatic rings. The van der Waals surface area contributed by atoms with Crippen molar-refractivity contribution in [2.75, 3.05) is 0 Å². The number of rotatable bonds is 0. The Morgan fingerprint density at radius 2 is 2.11 bits per heavy atom. The summed E-state index contributed by atoms with van der Waals surface area (Å²) >= 11 is 1.67. The van der Waals surface area contributed by atoms with Crippen molar-refractivity contribution in [1.29, 1.82) is 0 Å². The third kappa shape index (κ3) is 6.59. The average molecular weight is 264 g/mol. The van der Waals surface area contributed by atoms with Gasteiger partial charge in [-0.3, -0.25) is 9.67 Å². The number of thiazole rings is 1. The Kier molecular flexibility index (Phi) is 6.42. The Morgan fingerprint density at radius 3 is 2.28 bits per heavy atom. The van der Waals surface area contributed by atoms with Crippen LogP contribution in [0.5, 0.6) is 0 Å². The standard InChI is InChI=1S/C4H6N2.C4H5NO.C4H5NS/c1-6-4-2-3-5-6;1-4-2-5-3-6-4;1-4-5-2-3-6-4/h2-4H,1H3;2*2-3H,1H3. The molecule has 0 amide bonds. The second-order valence-corrected chi connectivity index (χ2v) is 4.44. The highest BCUT2D eigenvalue weighted by atomic mass is 32.1. The van der Waals surface area contributed by atoms with Crippen LogP contribution in [0, 0.1) is 13.8 Å². The normalized spacial score (nSPS) is 8.83. The number of aromatic nitrogens is 4. The van der Waals surface area contributed by atoms with Gasteiger partial charge in [-0.15, -0.1) is 11.3 Å². The van der Waals surface area contributed by atoms with Crippen LogP contribution in [0.3, 0.4) is 0 Å². The van der Waals surface area contributed by atoms with Gasteiger partial charge in [0.25, 0.3) is 0 Å². The van der Waals surface area contributed by atoms with E-state index in [1.54, 1.807) is 34.6 Å². The quantitative estimate of drug-likeness (QED) is 0.626. The highest BCUT2D eigenvalue weighted by Gasteiger charge is 1.77. The number of aryl methyl sites for hydroxylation is 3. The molecule has 6 heteroatoms. The first-order valence-electron chi connectivity index (χ1n) is 5.33. The summed E-state index contributed by atoms with van der Waals surface area (Å²) in [5, 5.41) is 6.94. The van der Waals surface area contributed by atoms with Crippen LogP contribution >= 0.6 is 11.3 Å². The van der Waals surface area contributed by atoms with E-state index in [-0.39, 0.29) is 0 Å². The van der Waals surface area contributed by atoms with Crippen molar-refractivity contribution in [2.24, 2.45) is 7.05 Å². The minimum Gasteiger partial charge on any atom is -0.449 e. The monoisotopic (exact) mass is 264 g/mol. The summed E-state index contributed by atoms with van der Waals surface area (Å²) in [6, 6.07) is 1.89. The lowest BCUT2D eigenvalue weighted by Gasteiger charge is -1.77. The van der Waals surface area contributed by atoms with Crippen LogP contribution in [0.25, 0.3) is 0 Å². The van der Waals surface area contributed by atoms with Gasteiger partial charge in [-0.1, -0.05) is 0 Å². The molecule has 0 unspecified atom stereocenters. The van der Waals surface area contributed by atoms with E-state index >= 15 is 0 Å². The predicted molar refractivity (Wildman–Crippen MR) is 71.3 cm³/mol. The van der Waals surface area contributed by atoms with Gasteiger partial charge in [-0.05, 0) is 19.9 Å². The highest BCUT2D eigenvalue weighted by Crippen LogP contribution is 1.98. The smallest absolute Gasteiger partial charge is 0.180 e. The SMILES string of the molecule is Cc1cnco1.Cc1nccs1.Cn1cccn1. The largest absolute Gasteiger partial charge is 0.449 e. The van der Waals surface area contributed by atoms with Crippen molar-refractivity contribution in [3.63, 3.8) is 0 Å². The molecule has 0 N–H and O–H groups in total. The van der Waals surface area contributed by atoms with Crippen LogP contribution in [0.1, 0.15) is 10.8 Å². The summed E-state index contributed by atoms with van der Waals surface area (Å²) in [6.45, 7) is 3.84. The van der Waals surface area contributed by atoms with Crippen LogP contribution in [0.15, 0.2) is 47.0 Å². The Hall–Kier alpha value is -1.95. The number of oxazole rings is 1. The molecule has 0 aliphatic heterocycles. The zero-order valence-electron chi connectivity index (χ0n) is 10.6. The molecule has 0 radical (unpaired) electrons. The lowest BCUT2D eigenvalue weighted by Crippen LogP contribution is -1.83. The molecule has 0 spiro atoms. The molecule has 5 nitrogen and oxygen atoms in total. The van der Waals surface area contributed by atoms with Crippen molar-refractivity contribution < 1.29 is 4.42 Å². The van der Waals surface area contributed by atoms with Crippen LogP contribution in [-0.2, 0) is 7.05 Å². The summed E-state index contributed by atoms with van der Waals surface area (Å²) in [7, 11) is 1.89. The number of hydrogen-bond acceptors (Lipinski definition) is 5. The minimum absolute atomic E-state index is 0.856. The first kappa shape index (κ1) is 14.1. The van der Waals surface area contributed by atoms with E-state index < -0.39 is 0 Å². The molecule has 0 saturated heterocycles. The molecule has 3 aromatic heterocycles. The minimum atomic E-state index is 0.856. The van der Waals surface area contributed by atoms with E-state index in [1.807, 2.05) is 38.5 Å². The molecular formula is C12H16N4OS. The second-order valence-electron chi connectivity index (χ2n) is 3.34. The van der Waals surface area contributed by atoms with Crippen LogP contribution in [0.2, 0.25) is 0 Å². The van der Waals surface area contributed by atoms with Gasteiger partial charge in [0.05, 0.1) is 11.2 Å². The number of nitrogens with zero attached hydrogens (tertiary/aromatic N) is 4. The summed E-state index contributed by atoms with van der Waals surface area (Å²) < 4.78 is 6.47.